The number of pyridine rings is 1. The van der Waals surface area contributed by atoms with Gasteiger partial charge in [0, 0.05) is 54.9 Å². The molecule has 2 aromatic carbocycles. The highest BCUT2D eigenvalue weighted by Gasteiger charge is 2.16. The third-order valence-electron chi connectivity index (χ3n) is 5.79. The van der Waals surface area contributed by atoms with E-state index in [9.17, 15) is 4.79 Å². The van der Waals surface area contributed by atoms with Crippen LogP contribution in [0.2, 0.25) is 0 Å². The van der Waals surface area contributed by atoms with E-state index in [4.69, 9.17) is 6.42 Å². The zero-order valence-electron chi connectivity index (χ0n) is 18.3. The maximum Gasteiger partial charge on any atom is 0.258 e. The monoisotopic (exact) mass is 436 g/mol. The van der Waals surface area contributed by atoms with Crippen LogP contribution in [0.4, 0.5) is 17.3 Å². The second-order valence-electron chi connectivity index (χ2n) is 8.12. The second-order valence-corrected chi connectivity index (χ2v) is 8.12. The zero-order valence-corrected chi connectivity index (χ0v) is 18.3. The highest BCUT2D eigenvalue weighted by atomic mass is 16.1. The molecule has 7 nitrogen and oxygen atoms in total. The van der Waals surface area contributed by atoms with Crippen molar-refractivity contribution >= 4 is 28.4 Å². The molecule has 7 heteroatoms. The number of anilines is 3. The van der Waals surface area contributed by atoms with Crippen LogP contribution in [0, 0.1) is 12.3 Å². The van der Waals surface area contributed by atoms with Crippen molar-refractivity contribution in [3.63, 3.8) is 0 Å². The molecule has 0 saturated carbocycles. The van der Waals surface area contributed by atoms with Crippen molar-refractivity contribution in [3.05, 3.63) is 82.8 Å². The maximum atomic E-state index is 12.9. The number of benzene rings is 2. The van der Waals surface area contributed by atoms with Crippen LogP contribution in [-0.4, -0.2) is 40.2 Å². The smallest absolute Gasteiger partial charge is 0.258 e. The van der Waals surface area contributed by atoms with Crippen molar-refractivity contribution in [1.82, 2.24) is 19.9 Å². The molecule has 0 aliphatic carbocycles. The lowest BCUT2D eigenvalue weighted by Crippen LogP contribution is -2.49. The molecule has 1 unspecified atom stereocenters. The largest absolute Gasteiger partial charge is 0.369 e. The van der Waals surface area contributed by atoms with Gasteiger partial charge < -0.3 is 15.5 Å². The highest BCUT2D eigenvalue weighted by molar-refractivity contribution is 5.84. The lowest BCUT2D eigenvalue weighted by Gasteiger charge is -2.33. The predicted molar refractivity (Wildman–Crippen MR) is 132 cm³/mol. The molecule has 2 aromatic heterocycles. The van der Waals surface area contributed by atoms with Crippen LogP contribution in [0.5, 0.6) is 0 Å². The van der Waals surface area contributed by atoms with Crippen molar-refractivity contribution in [2.45, 2.75) is 13.0 Å². The molecule has 0 amide bonds. The Hall–Kier alpha value is -4.15. The van der Waals surface area contributed by atoms with Gasteiger partial charge in [-0.1, -0.05) is 24.1 Å². The van der Waals surface area contributed by atoms with Crippen molar-refractivity contribution < 1.29 is 0 Å². The number of rotatable bonds is 4. The number of terminal acetylenes is 1. The van der Waals surface area contributed by atoms with E-state index in [0.717, 1.165) is 31.0 Å². The Kier molecular flexibility index (Phi) is 5.51. The SMILES string of the molecule is C#Cc1cc(=O)n(-c2ccccc2)c2nc(Nc3ccc(N4CCNC(C)C4)cc3)ncc12. The molecule has 1 aliphatic heterocycles. The van der Waals surface area contributed by atoms with Gasteiger partial charge in [-0.3, -0.25) is 9.36 Å². The average Bonchev–Trinajstić information content (AvgIpc) is 2.84. The van der Waals surface area contributed by atoms with E-state index in [1.165, 1.54) is 11.8 Å². The third-order valence-corrected chi connectivity index (χ3v) is 5.79. The first-order chi connectivity index (χ1) is 16.1. The number of para-hydroxylation sites is 1. The van der Waals surface area contributed by atoms with Crippen LogP contribution in [0.15, 0.2) is 71.7 Å². The van der Waals surface area contributed by atoms with Gasteiger partial charge in [0.1, 0.15) is 0 Å². The Bertz CT molecular complexity index is 1390. The summed E-state index contributed by atoms with van der Waals surface area (Å²) in [5.41, 5.74) is 3.47. The summed E-state index contributed by atoms with van der Waals surface area (Å²) >= 11 is 0. The number of aromatic nitrogens is 3. The van der Waals surface area contributed by atoms with Gasteiger partial charge in [0.2, 0.25) is 5.95 Å². The summed E-state index contributed by atoms with van der Waals surface area (Å²) in [7, 11) is 0. The normalized spacial score (nSPS) is 15.9. The minimum Gasteiger partial charge on any atom is -0.369 e. The zero-order chi connectivity index (χ0) is 22.8. The number of hydrogen-bond acceptors (Lipinski definition) is 6. The van der Waals surface area contributed by atoms with E-state index in [1.807, 2.05) is 42.5 Å². The van der Waals surface area contributed by atoms with E-state index in [2.05, 4.69) is 50.5 Å². The van der Waals surface area contributed by atoms with Gasteiger partial charge in [0.05, 0.1) is 11.1 Å². The van der Waals surface area contributed by atoms with E-state index in [0.29, 0.717) is 28.6 Å². The van der Waals surface area contributed by atoms with Crippen molar-refractivity contribution in [1.29, 1.82) is 0 Å². The Morgan fingerprint density at radius 1 is 1.12 bits per heavy atom. The van der Waals surface area contributed by atoms with Crippen molar-refractivity contribution in [3.8, 4) is 18.0 Å². The minimum atomic E-state index is -0.235. The molecule has 0 radical (unpaired) electrons. The third kappa shape index (κ3) is 4.16. The number of nitrogens with zero attached hydrogens (tertiary/aromatic N) is 4. The van der Waals surface area contributed by atoms with E-state index < -0.39 is 0 Å². The molecule has 2 N–H and O–H groups in total. The van der Waals surface area contributed by atoms with Gasteiger partial charge >= 0.3 is 0 Å². The molecule has 0 bridgehead atoms. The lowest BCUT2D eigenvalue weighted by molar-refractivity contribution is 0.485. The summed E-state index contributed by atoms with van der Waals surface area (Å²) in [6.45, 7) is 5.14. The molecule has 3 heterocycles. The summed E-state index contributed by atoms with van der Waals surface area (Å²) in [6, 6.07) is 19.5. The number of piperazine rings is 1. The van der Waals surface area contributed by atoms with Crippen LogP contribution in [-0.2, 0) is 0 Å². The highest BCUT2D eigenvalue weighted by Crippen LogP contribution is 2.23. The van der Waals surface area contributed by atoms with Gasteiger partial charge in [0.25, 0.3) is 5.56 Å². The van der Waals surface area contributed by atoms with Gasteiger partial charge in [-0.05, 0) is 43.3 Å². The van der Waals surface area contributed by atoms with E-state index in [1.54, 1.807) is 10.8 Å². The number of hydrogen-bond donors (Lipinski definition) is 2. The van der Waals surface area contributed by atoms with Crippen LogP contribution in [0.1, 0.15) is 12.5 Å². The molecule has 33 heavy (non-hydrogen) atoms. The van der Waals surface area contributed by atoms with Crippen LogP contribution >= 0.6 is 0 Å². The van der Waals surface area contributed by atoms with Crippen LogP contribution in [0.25, 0.3) is 16.7 Å². The first kappa shape index (κ1) is 20.7. The number of nitrogens with one attached hydrogen (secondary N) is 2. The first-order valence-corrected chi connectivity index (χ1v) is 10.9. The Morgan fingerprint density at radius 2 is 1.91 bits per heavy atom. The minimum absolute atomic E-state index is 0.235. The maximum absolute atomic E-state index is 12.9. The fourth-order valence-electron chi connectivity index (χ4n) is 4.16. The summed E-state index contributed by atoms with van der Waals surface area (Å²) in [5.74, 6) is 2.97. The molecule has 4 aromatic rings. The molecular formula is C26H24N6O. The quantitative estimate of drug-likeness (QED) is 0.478. The van der Waals surface area contributed by atoms with Gasteiger partial charge in [-0.15, -0.1) is 6.42 Å². The van der Waals surface area contributed by atoms with Gasteiger partial charge in [-0.2, -0.15) is 4.98 Å². The van der Waals surface area contributed by atoms with Crippen LogP contribution in [0.3, 0.4) is 0 Å². The molecule has 5 rings (SSSR count). The summed E-state index contributed by atoms with van der Waals surface area (Å²) in [4.78, 5) is 24.4. The van der Waals surface area contributed by atoms with Crippen LogP contribution < -0.4 is 21.1 Å². The molecule has 1 aliphatic rings. The molecular weight excluding hydrogens is 412 g/mol. The molecule has 0 spiro atoms. The summed E-state index contributed by atoms with van der Waals surface area (Å²) < 4.78 is 1.55. The fourth-order valence-corrected chi connectivity index (χ4v) is 4.16. The van der Waals surface area contributed by atoms with Crippen molar-refractivity contribution in [2.75, 3.05) is 29.9 Å². The topological polar surface area (TPSA) is 75.1 Å². The van der Waals surface area contributed by atoms with E-state index in [-0.39, 0.29) is 5.56 Å². The van der Waals surface area contributed by atoms with Gasteiger partial charge in [0.15, 0.2) is 5.65 Å². The molecule has 164 valence electrons. The molecule has 1 atom stereocenters. The van der Waals surface area contributed by atoms with Crippen molar-refractivity contribution in [2.24, 2.45) is 0 Å². The summed E-state index contributed by atoms with van der Waals surface area (Å²) in [5, 5.41) is 7.36. The Morgan fingerprint density at radius 3 is 2.64 bits per heavy atom. The van der Waals surface area contributed by atoms with E-state index >= 15 is 0 Å². The Balaban J connectivity index is 1.49. The van der Waals surface area contributed by atoms with Gasteiger partial charge in [-0.25, -0.2) is 4.98 Å². The first-order valence-electron chi connectivity index (χ1n) is 10.9. The Labute approximate surface area is 192 Å². The summed E-state index contributed by atoms with van der Waals surface area (Å²) in [6.07, 6.45) is 7.30. The lowest BCUT2D eigenvalue weighted by atomic mass is 10.2. The standard InChI is InChI=1S/C26H24N6O/c1-3-19-15-24(33)32(22-7-5-4-6-8-22)25-23(19)16-28-26(30-25)29-20-9-11-21(12-10-20)31-14-13-27-18(2)17-31/h1,4-12,15-16,18,27H,13-14,17H2,2H3,(H,28,29,30). The molecule has 1 fully saturated rings. The second kappa shape index (κ2) is 8.77. The average molecular weight is 437 g/mol. The number of fused-ring (bicyclic) bond motifs is 1. The molecule has 1 saturated heterocycles. The fraction of sp³-hybridized carbons (Fsp3) is 0.192. The predicted octanol–water partition coefficient (Wildman–Crippen LogP) is 3.30.